The predicted octanol–water partition coefficient (Wildman–Crippen LogP) is 4.65. The van der Waals surface area contributed by atoms with Crippen molar-refractivity contribution < 1.29 is 4.79 Å². The third-order valence-corrected chi connectivity index (χ3v) is 4.13. The Morgan fingerprint density at radius 1 is 0.913 bits per heavy atom. The molecule has 1 unspecified atom stereocenters. The molecule has 1 N–H and O–H groups in total. The minimum Gasteiger partial charge on any atom is -0.350 e. The zero-order chi connectivity index (χ0) is 16.1. The fourth-order valence-corrected chi connectivity index (χ4v) is 2.78. The Morgan fingerprint density at radius 3 is 2.39 bits per heavy atom. The highest BCUT2D eigenvalue weighted by atomic mass is 16.1. The zero-order valence-corrected chi connectivity index (χ0v) is 13.3. The Kier molecular flexibility index (Phi) is 4.72. The van der Waals surface area contributed by atoms with Crippen molar-refractivity contribution in [1.29, 1.82) is 0 Å². The van der Waals surface area contributed by atoms with Crippen LogP contribution in [0.2, 0.25) is 0 Å². The van der Waals surface area contributed by atoms with Gasteiger partial charge in [-0.25, -0.2) is 0 Å². The summed E-state index contributed by atoms with van der Waals surface area (Å²) in [7, 11) is 0. The first-order valence-corrected chi connectivity index (χ1v) is 8.04. The molecule has 0 saturated carbocycles. The van der Waals surface area contributed by atoms with E-state index in [1.165, 1.54) is 16.3 Å². The Bertz CT molecular complexity index is 795. The number of rotatable bonds is 5. The smallest absolute Gasteiger partial charge is 0.220 e. The number of carbonyl (C=O) groups is 1. The van der Waals surface area contributed by atoms with E-state index >= 15 is 0 Å². The normalized spacial score (nSPS) is 12.0. The maximum Gasteiger partial charge on any atom is 0.220 e. The lowest BCUT2D eigenvalue weighted by Gasteiger charge is -2.15. The van der Waals surface area contributed by atoms with Crippen LogP contribution in [0.5, 0.6) is 0 Å². The molecule has 0 aromatic heterocycles. The van der Waals surface area contributed by atoms with Crippen LogP contribution in [0.15, 0.2) is 72.8 Å². The molecule has 0 fully saturated rings. The van der Waals surface area contributed by atoms with Gasteiger partial charge in [0, 0.05) is 6.42 Å². The van der Waals surface area contributed by atoms with Crippen LogP contribution in [0.1, 0.15) is 30.5 Å². The summed E-state index contributed by atoms with van der Waals surface area (Å²) in [6.45, 7) is 2.03. The lowest BCUT2D eigenvalue weighted by atomic mass is 10.0. The summed E-state index contributed by atoms with van der Waals surface area (Å²) < 4.78 is 0. The molecule has 0 aliphatic carbocycles. The number of fused-ring (bicyclic) bond motifs is 1. The fraction of sp³-hybridized carbons (Fsp3) is 0.190. The standard InChI is InChI=1S/C21H21NO/c1-16(19-13-12-18-9-5-6-10-20(18)15-19)22-21(23)14-11-17-7-3-2-4-8-17/h2-10,12-13,15-16H,11,14H2,1H3,(H,22,23). The second-order valence-electron chi connectivity index (χ2n) is 5.88. The van der Waals surface area contributed by atoms with Gasteiger partial charge in [0.2, 0.25) is 5.91 Å². The molecule has 0 aliphatic rings. The first-order valence-electron chi connectivity index (χ1n) is 8.04. The van der Waals surface area contributed by atoms with E-state index in [9.17, 15) is 4.79 Å². The molecular weight excluding hydrogens is 282 g/mol. The Hall–Kier alpha value is -2.61. The van der Waals surface area contributed by atoms with Gasteiger partial charge in [-0.1, -0.05) is 66.7 Å². The van der Waals surface area contributed by atoms with Crippen molar-refractivity contribution in [2.45, 2.75) is 25.8 Å². The number of aryl methyl sites for hydroxylation is 1. The maximum atomic E-state index is 12.2. The van der Waals surface area contributed by atoms with E-state index in [1.807, 2.05) is 37.3 Å². The molecule has 2 nitrogen and oxygen atoms in total. The minimum atomic E-state index is 0.0166. The molecule has 0 radical (unpaired) electrons. The quantitative estimate of drug-likeness (QED) is 0.730. The molecule has 2 heteroatoms. The predicted molar refractivity (Wildman–Crippen MR) is 95.3 cm³/mol. The SMILES string of the molecule is CC(NC(=O)CCc1ccccc1)c1ccc2ccccc2c1. The van der Waals surface area contributed by atoms with Crippen molar-refractivity contribution in [2.24, 2.45) is 0 Å². The topological polar surface area (TPSA) is 29.1 Å². The zero-order valence-electron chi connectivity index (χ0n) is 13.3. The largest absolute Gasteiger partial charge is 0.350 e. The molecular formula is C21H21NO. The molecule has 3 aromatic rings. The van der Waals surface area contributed by atoms with E-state index < -0.39 is 0 Å². The number of hydrogen-bond donors (Lipinski definition) is 1. The monoisotopic (exact) mass is 303 g/mol. The first-order chi connectivity index (χ1) is 11.2. The van der Waals surface area contributed by atoms with Crippen molar-refractivity contribution in [3.63, 3.8) is 0 Å². The molecule has 0 bridgehead atoms. The van der Waals surface area contributed by atoms with Crippen LogP contribution in [0.4, 0.5) is 0 Å². The van der Waals surface area contributed by atoms with Crippen LogP contribution >= 0.6 is 0 Å². The number of carbonyl (C=O) groups excluding carboxylic acids is 1. The second-order valence-corrected chi connectivity index (χ2v) is 5.88. The van der Waals surface area contributed by atoms with Crippen LogP contribution < -0.4 is 5.32 Å². The first kappa shape index (κ1) is 15.3. The molecule has 0 heterocycles. The van der Waals surface area contributed by atoms with Crippen LogP contribution in [-0.2, 0) is 11.2 Å². The summed E-state index contributed by atoms with van der Waals surface area (Å²) in [5.41, 5.74) is 2.33. The van der Waals surface area contributed by atoms with Crippen molar-refractivity contribution in [2.75, 3.05) is 0 Å². The summed E-state index contributed by atoms with van der Waals surface area (Å²) in [6.07, 6.45) is 1.29. The number of benzene rings is 3. The molecule has 0 spiro atoms. The van der Waals surface area contributed by atoms with Gasteiger partial charge in [0.25, 0.3) is 0 Å². The summed E-state index contributed by atoms with van der Waals surface area (Å²) in [5.74, 6) is 0.0921. The van der Waals surface area contributed by atoms with Crippen molar-refractivity contribution >= 4 is 16.7 Å². The molecule has 23 heavy (non-hydrogen) atoms. The molecule has 1 amide bonds. The van der Waals surface area contributed by atoms with Crippen molar-refractivity contribution in [3.8, 4) is 0 Å². The highest BCUT2D eigenvalue weighted by Gasteiger charge is 2.10. The third kappa shape index (κ3) is 3.98. The van der Waals surface area contributed by atoms with E-state index in [2.05, 4.69) is 47.8 Å². The van der Waals surface area contributed by atoms with Crippen LogP contribution in [0.25, 0.3) is 10.8 Å². The maximum absolute atomic E-state index is 12.2. The molecule has 0 aliphatic heterocycles. The van der Waals surface area contributed by atoms with E-state index in [1.54, 1.807) is 0 Å². The molecule has 0 saturated heterocycles. The number of hydrogen-bond acceptors (Lipinski definition) is 1. The van der Waals surface area contributed by atoms with E-state index in [0.29, 0.717) is 6.42 Å². The van der Waals surface area contributed by atoms with Gasteiger partial charge in [-0.2, -0.15) is 0 Å². The van der Waals surface area contributed by atoms with Crippen molar-refractivity contribution in [1.82, 2.24) is 5.32 Å². The molecule has 3 rings (SSSR count). The van der Waals surface area contributed by atoms with E-state index in [0.717, 1.165) is 12.0 Å². The molecule has 3 aromatic carbocycles. The van der Waals surface area contributed by atoms with Gasteiger partial charge in [-0.15, -0.1) is 0 Å². The lowest BCUT2D eigenvalue weighted by Crippen LogP contribution is -2.26. The van der Waals surface area contributed by atoms with Gasteiger partial charge in [0.05, 0.1) is 6.04 Å². The van der Waals surface area contributed by atoms with Gasteiger partial charge in [-0.3, -0.25) is 4.79 Å². The van der Waals surface area contributed by atoms with Crippen LogP contribution in [0, 0.1) is 0 Å². The fourth-order valence-electron chi connectivity index (χ4n) is 2.78. The summed E-state index contributed by atoms with van der Waals surface area (Å²) >= 11 is 0. The average molecular weight is 303 g/mol. The van der Waals surface area contributed by atoms with Gasteiger partial charge in [-0.05, 0) is 41.3 Å². The van der Waals surface area contributed by atoms with Gasteiger partial charge in [0.1, 0.15) is 0 Å². The van der Waals surface area contributed by atoms with Crippen LogP contribution in [0.3, 0.4) is 0 Å². The lowest BCUT2D eigenvalue weighted by molar-refractivity contribution is -0.121. The number of amides is 1. The van der Waals surface area contributed by atoms with Gasteiger partial charge >= 0.3 is 0 Å². The average Bonchev–Trinajstić information content (AvgIpc) is 2.60. The Balaban J connectivity index is 1.61. The molecule has 1 atom stereocenters. The Labute approximate surface area is 137 Å². The number of nitrogens with one attached hydrogen (secondary N) is 1. The second kappa shape index (κ2) is 7.10. The summed E-state index contributed by atoms with van der Waals surface area (Å²) in [4.78, 5) is 12.2. The van der Waals surface area contributed by atoms with Crippen LogP contribution in [-0.4, -0.2) is 5.91 Å². The highest BCUT2D eigenvalue weighted by molar-refractivity contribution is 5.83. The highest BCUT2D eigenvalue weighted by Crippen LogP contribution is 2.20. The van der Waals surface area contributed by atoms with Gasteiger partial charge < -0.3 is 5.32 Å². The van der Waals surface area contributed by atoms with E-state index in [-0.39, 0.29) is 11.9 Å². The summed E-state index contributed by atoms with van der Waals surface area (Å²) in [6, 6.07) is 24.8. The third-order valence-electron chi connectivity index (χ3n) is 4.13. The molecule has 116 valence electrons. The Morgan fingerprint density at radius 2 is 1.61 bits per heavy atom. The van der Waals surface area contributed by atoms with Gasteiger partial charge in [0.15, 0.2) is 0 Å². The summed E-state index contributed by atoms with van der Waals surface area (Å²) in [5, 5.41) is 5.52. The van der Waals surface area contributed by atoms with Crippen molar-refractivity contribution in [3.05, 3.63) is 83.9 Å². The van der Waals surface area contributed by atoms with E-state index in [4.69, 9.17) is 0 Å². The minimum absolute atomic E-state index is 0.0166.